The number of carbonyl (C=O) groups is 1. The van der Waals surface area contributed by atoms with Crippen molar-refractivity contribution in [3.8, 4) is 0 Å². The number of aliphatic hydroxyl groups excluding tert-OH is 1. The van der Waals surface area contributed by atoms with Gasteiger partial charge in [0.05, 0.1) is 0 Å². The van der Waals surface area contributed by atoms with E-state index in [-0.39, 0.29) is 18.1 Å². The molecule has 1 aromatic rings. The highest BCUT2D eigenvalue weighted by Crippen LogP contribution is 2.36. The summed E-state index contributed by atoms with van der Waals surface area (Å²) in [6.45, 7) is 3.26. The minimum absolute atomic E-state index is 0.0413. The summed E-state index contributed by atoms with van der Waals surface area (Å²) >= 11 is 0. The van der Waals surface area contributed by atoms with E-state index >= 15 is 0 Å². The third-order valence-corrected chi connectivity index (χ3v) is 5.96. The van der Waals surface area contributed by atoms with E-state index in [9.17, 15) is 9.90 Å². The van der Waals surface area contributed by atoms with Crippen molar-refractivity contribution in [1.29, 1.82) is 0 Å². The van der Waals surface area contributed by atoms with Crippen LogP contribution in [-0.4, -0.2) is 42.3 Å². The van der Waals surface area contributed by atoms with E-state index < -0.39 is 0 Å². The quantitative estimate of drug-likeness (QED) is 0.892. The van der Waals surface area contributed by atoms with Crippen molar-refractivity contribution < 1.29 is 9.90 Å². The Morgan fingerprint density at radius 1 is 1.21 bits per heavy atom. The van der Waals surface area contributed by atoms with Gasteiger partial charge in [0.15, 0.2) is 0 Å². The number of fused-ring (bicyclic) bond motifs is 1. The number of amides is 2. The molecule has 0 unspecified atom stereocenters. The molecule has 0 bridgehead atoms. The van der Waals surface area contributed by atoms with Gasteiger partial charge in [-0.1, -0.05) is 31.2 Å². The number of nitrogens with zero attached hydrogens (tertiary/aromatic N) is 1. The van der Waals surface area contributed by atoms with Crippen LogP contribution in [0.1, 0.15) is 43.7 Å². The zero-order chi connectivity index (χ0) is 17.2. The molecule has 1 aromatic carbocycles. The molecule has 0 aromatic heterocycles. The van der Waals surface area contributed by atoms with Crippen molar-refractivity contribution in [2.75, 3.05) is 20.2 Å². The molecule has 0 heterocycles. The topological polar surface area (TPSA) is 52.6 Å². The number of hydrogen-bond acceptors (Lipinski definition) is 2. The van der Waals surface area contributed by atoms with Crippen LogP contribution < -0.4 is 5.32 Å². The molecule has 2 amide bonds. The van der Waals surface area contributed by atoms with Gasteiger partial charge in [-0.15, -0.1) is 0 Å². The van der Waals surface area contributed by atoms with E-state index in [2.05, 4.69) is 36.5 Å². The first-order valence-electron chi connectivity index (χ1n) is 9.19. The molecule has 4 nitrogen and oxygen atoms in total. The highest BCUT2D eigenvalue weighted by Gasteiger charge is 2.34. The van der Waals surface area contributed by atoms with Gasteiger partial charge in [0.2, 0.25) is 0 Å². The van der Waals surface area contributed by atoms with Crippen molar-refractivity contribution in [2.24, 2.45) is 11.3 Å². The largest absolute Gasteiger partial charge is 0.396 e. The molecule has 0 atom stereocenters. The number of nitrogens with one attached hydrogen (secondary N) is 1. The zero-order valence-electron chi connectivity index (χ0n) is 14.9. The van der Waals surface area contributed by atoms with Crippen LogP contribution in [-0.2, 0) is 12.8 Å². The first kappa shape index (κ1) is 17.3. The Hall–Kier alpha value is -1.55. The maximum absolute atomic E-state index is 12.5. The molecular weight excluding hydrogens is 300 g/mol. The average Bonchev–Trinajstić information content (AvgIpc) is 2.95. The average molecular weight is 330 g/mol. The predicted molar refractivity (Wildman–Crippen MR) is 96.0 cm³/mol. The lowest BCUT2D eigenvalue weighted by Gasteiger charge is -2.35. The lowest BCUT2D eigenvalue weighted by atomic mass is 9.86. The number of rotatable bonds is 4. The molecule has 0 aliphatic heterocycles. The molecule has 24 heavy (non-hydrogen) atoms. The fourth-order valence-electron chi connectivity index (χ4n) is 4.30. The van der Waals surface area contributed by atoms with Crippen LogP contribution in [0.3, 0.4) is 0 Å². The number of carbonyl (C=O) groups excluding carboxylic acids is 1. The highest BCUT2D eigenvalue weighted by atomic mass is 16.3. The smallest absolute Gasteiger partial charge is 0.317 e. The summed E-state index contributed by atoms with van der Waals surface area (Å²) in [6, 6.07) is 8.95. The van der Waals surface area contributed by atoms with Gasteiger partial charge in [0.1, 0.15) is 0 Å². The summed E-state index contributed by atoms with van der Waals surface area (Å²) in [6.07, 6.45) is 6.11. The second-order valence-corrected chi connectivity index (χ2v) is 8.06. The minimum Gasteiger partial charge on any atom is -0.396 e. The van der Waals surface area contributed by atoms with Crippen molar-refractivity contribution in [3.63, 3.8) is 0 Å². The third kappa shape index (κ3) is 3.75. The summed E-state index contributed by atoms with van der Waals surface area (Å²) < 4.78 is 0. The van der Waals surface area contributed by atoms with Crippen LogP contribution in [0.4, 0.5) is 4.79 Å². The van der Waals surface area contributed by atoms with Crippen molar-refractivity contribution in [1.82, 2.24) is 10.2 Å². The van der Waals surface area contributed by atoms with Crippen molar-refractivity contribution in [2.45, 2.75) is 51.5 Å². The van der Waals surface area contributed by atoms with E-state index in [4.69, 9.17) is 0 Å². The number of aliphatic hydroxyl groups is 1. The van der Waals surface area contributed by atoms with Gasteiger partial charge in [-0.3, -0.25) is 0 Å². The third-order valence-electron chi connectivity index (χ3n) is 5.96. The van der Waals surface area contributed by atoms with Gasteiger partial charge >= 0.3 is 6.03 Å². The maximum atomic E-state index is 12.5. The Balaban J connectivity index is 1.49. The molecule has 2 N–H and O–H groups in total. The van der Waals surface area contributed by atoms with Crippen molar-refractivity contribution in [3.05, 3.63) is 35.4 Å². The molecule has 1 fully saturated rings. The summed E-state index contributed by atoms with van der Waals surface area (Å²) in [5, 5.41) is 12.4. The van der Waals surface area contributed by atoms with Gasteiger partial charge in [0, 0.05) is 26.2 Å². The van der Waals surface area contributed by atoms with Crippen LogP contribution in [0.2, 0.25) is 0 Å². The predicted octanol–water partition coefficient (Wildman–Crippen LogP) is 2.98. The van der Waals surface area contributed by atoms with Crippen LogP contribution in [0.25, 0.3) is 0 Å². The molecule has 2 aliphatic carbocycles. The molecular formula is C20H30N2O2. The molecule has 132 valence electrons. The van der Waals surface area contributed by atoms with Gasteiger partial charge in [-0.05, 0) is 61.0 Å². The van der Waals surface area contributed by atoms with E-state index in [0.717, 1.165) is 45.1 Å². The molecule has 0 radical (unpaired) electrons. The normalized spacial score (nSPS) is 25.1. The number of urea groups is 1. The maximum Gasteiger partial charge on any atom is 0.317 e. The Kier molecular flexibility index (Phi) is 5.14. The summed E-state index contributed by atoms with van der Waals surface area (Å²) in [4.78, 5) is 14.4. The molecule has 1 saturated carbocycles. The van der Waals surface area contributed by atoms with Crippen LogP contribution in [0.15, 0.2) is 24.3 Å². The van der Waals surface area contributed by atoms with Gasteiger partial charge in [-0.25, -0.2) is 4.79 Å². The Bertz CT molecular complexity index is 554. The van der Waals surface area contributed by atoms with E-state index in [1.165, 1.54) is 11.1 Å². The number of benzene rings is 1. The van der Waals surface area contributed by atoms with Crippen LogP contribution in [0, 0.1) is 11.3 Å². The van der Waals surface area contributed by atoms with Crippen molar-refractivity contribution >= 4 is 6.03 Å². The van der Waals surface area contributed by atoms with Gasteiger partial charge in [0.25, 0.3) is 0 Å². The molecule has 4 heteroatoms. The minimum atomic E-state index is 0.0413. The Morgan fingerprint density at radius 2 is 1.79 bits per heavy atom. The number of hydrogen-bond donors (Lipinski definition) is 2. The molecule has 0 spiro atoms. The Morgan fingerprint density at radius 3 is 2.33 bits per heavy atom. The zero-order valence-corrected chi connectivity index (χ0v) is 14.9. The summed E-state index contributed by atoms with van der Waals surface area (Å²) in [5.74, 6) is 0.425. The summed E-state index contributed by atoms with van der Waals surface area (Å²) in [7, 11) is 1.91. The van der Waals surface area contributed by atoms with E-state index in [0.29, 0.717) is 12.0 Å². The fraction of sp³-hybridized carbons (Fsp3) is 0.650. The fourth-order valence-corrected chi connectivity index (χ4v) is 4.30. The molecule has 3 rings (SSSR count). The van der Waals surface area contributed by atoms with E-state index in [1.54, 1.807) is 0 Å². The van der Waals surface area contributed by atoms with Gasteiger partial charge < -0.3 is 15.3 Å². The second-order valence-electron chi connectivity index (χ2n) is 8.06. The molecule has 2 aliphatic rings. The molecule has 0 saturated heterocycles. The highest BCUT2D eigenvalue weighted by molar-refractivity contribution is 5.74. The standard InChI is InChI=1S/C20H30N2O2/c1-20(11-16-5-3-4-6-17(16)12-20)14-21-19(24)22(2)18-9-7-15(13-23)8-10-18/h3-6,15,18,23H,7-14H2,1-2H3,(H,21,24). The summed E-state index contributed by atoms with van der Waals surface area (Å²) in [5.41, 5.74) is 2.96. The first-order valence-corrected chi connectivity index (χ1v) is 9.19. The van der Waals surface area contributed by atoms with E-state index in [1.807, 2.05) is 11.9 Å². The lowest BCUT2D eigenvalue weighted by molar-refractivity contribution is 0.132. The van der Waals surface area contributed by atoms with Crippen LogP contribution in [0.5, 0.6) is 0 Å². The second kappa shape index (κ2) is 7.14. The monoisotopic (exact) mass is 330 g/mol. The Labute approximate surface area is 145 Å². The lowest BCUT2D eigenvalue weighted by Crippen LogP contribution is -2.47. The van der Waals surface area contributed by atoms with Gasteiger partial charge in [-0.2, -0.15) is 0 Å². The SMILES string of the molecule is CN(C(=O)NCC1(C)Cc2ccccc2C1)C1CCC(CO)CC1. The first-order chi connectivity index (χ1) is 11.5. The van der Waals surface area contributed by atoms with Crippen LogP contribution >= 0.6 is 0 Å².